The number of hydrogen-bond acceptors (Lipinski definition) is 1. The quantitative estimate of drug-likeness (QED) is 0.558. The van der Waals surface area contributed by atoms with Gasteiger partial charge in [-0.05, 0) is 37.6 Å². The van der Waals surface area contributed by atoms with Gasteiger partial charge in [0, 0.05) is 13.1 Å². The molecular formula is C10H19N. The molecule has 0 aromatic heterocycles. The Labute approximate surface area is 69.8 Å². The second-order valence-electron chi connectivity index (χ2n) is 4.25. The van der Waals surface area contributed by atoms with Crippen LogP contribution < -0.4 is 0 Å². The van der Waals surface area contributed by atoms with Crippen LogP contribution in [0, 0.1) is 11.8 Å². The lowest BCUT2D eigenvalue weighted by molar-refractivity contribution is 0.0907. The summed E-state index contributed by atoms with van der Waals surface area (Å²) in [5.74, 6) is 2.12. The monoisotopic (exact) mass is 153 g/mol. The summed E-state index contributed by atoms with van der Waals surface area (Å²) in [7, 11) is 0. The minimum absolute atomic E-state index is 1.06. The molecule has 1 saturated carbocycles. The van der Waals surface area contributed by atoms with Crippen LogP contribution in [0.5, 0.6) is 0 Å². The minimum Gasteiger partial charge on any atom is -0.303 e. The average molecular weight is 153 g/mol. The molecule has 0 aromatic carbocycles. The molecule has 2 bridgehead atoms. The molecule has 2 atom stereocenters. The van der Waals surface area contributed by atoms with E-state index >= 15 is 0 Å². The van der Waals surface area contributed by atoms with E-state index in [9.17, 15) is 0 Å². The van der Waals surface area contributed by atoms with E-state index in [0.717, 1.165) is 11.8 Å². The summed E-state index contributed by atoms with van der Waals surface area (Å²) in [4.78, 5) is 2.64. The van der Waals surface area contributed by atoms with Crippen LogP contribution in [0.15, 0.2) is 0 Å². The molecule has 1 aliphatic heterocycles. The van der Waals surface area contributed by atoms with Gasteiger partial charge in [0.15, 0.2) is 0 Å². The fourth-order valence-electron chi connectivity index (χ4n) is 2.80. The van der Waals surface area contributed by atoms with Gasteiger partial charge < -0.3 is 4.90 Å². The Hall–Kier alpha value is -0.0400. The van der Waals surface area contributed by atoms with E-state index in [1.807, 2.05) is 0 Å². The lowest BCUT2D eigenvalue weighted by Crippen LogP contribution is -2.42. The van der Waals surface area contributed by atoms with Crippen molar-refractivity contribution < 1.29 is 0 Å². The highest BCUT2D eigenvalue weighted by molar-refractivity contribution is 4.82. The smallest absolute Gasteiger partial charge is 0.000977 e. The molecule has 2 unspecified atom stereocenters. The molecule has 64 valence electrons. The molecule has 1 heteroatoms. The van der Waals surface area contributed by atoms with Gasteiger partial charge in [0.2, 0.25) is 0 Å². The van der Waals surface area contributed by atoms with E-state index in [1.165, 1.54) is 45.3 Å². The highest BCUT2D eigenvalue weighted by Gasteiger charge is 2.29. The first-order valence-electron chi connectivity index (χ1n) is 5.11. The first kappa shape index (κ1) is 7.60. The summed E-state index contributed by atoms with van der Waals surface area (Å²) in [6, 6.07) is 0. The normalized spacial score (nSPS) is 39.0. The van der Waals surface area contributed by atoms with E-state index in [0.29, 0.717) is 0 Å². The molecule has 2 aliphatic rings. The molecule has 11 heavy (non-hydrogen) atoms. The maximum atomic E-state index is 2.64. The Morgan fingerprint density at radius 1 is 1.18 bits per heavy atom. The average Bonchev–Trinajstić information content (AvgIpc) is 2.03. The van der Waals surface area contributed by atoms with Crippen LogP contribution in [-0.2, 0) is 0 Å². The SMILES string of the molecule is CCN1CC2CCCC(C2)C1. The van der Waals surface area contributed by atoms with Crippen molar-refractivity contribution in [3.63, 3.8) is 0 Å². The fourth-order valence-corrected chi connectivity index (χ4v) is 2.80. The Kier molecular flexibility index (Phi) is 2.17. The van der Waals surface area contributed by atoms with Gasteiger partial charge in [-0.2, -0.15) is 0 Å². The molecule has 1 nitrogen and oxygen atoms in total. The maximum absolute atomic E-state index is 2.64. The Bertz CT molecular complexity index is 121. The number of rotatable bonds is 1. The summed E-state index contributed by atoms with van der Waals surface area (Å²) >= 11 is 0. The van der Waals surface area contributed by atoms with Gasteiger partial charge in [-0.3, -0.25) is 0 Å². The Balaban J connectivity index is 1.94. The van der Waals surface area contributed by atoms with Gasteiger partial charge in [-0.15, -0.1) is 0 Å². The van der Waals surface area contributed by atoms with E-state index < -0.39 is 0 Å². The molecule has 0 aromatic rings. The largest absolute Gasteiger partial charge is 0.303 e. The third-order valence-electron chi connectivity index (χ3n) is 3.37. The first-order chi connectivity index (χ1) is 5.38. The number of likely N-dealkylation sites (tertiary alicyclic amines) is 1. The predicted octanol–water partition coefficient (Wildman–Crippen LogP) is 2.13. The topological polar surface area (TPSA) is 3.24 Å². The molecule has 0 N–H and O–H groups in total. The predicted molar refractivity (Wildman–Crippen MR) is 47.6 cm³/mol. The molecule has 1 heterocycles. The van der Waals surface area contributed by atoms with E-state index in [1.54, 1.807) is 0 Å². The van der Waals surface area contributed by atoms with E-state index in [-0.39, 0.29) is 0 Å². The van der Waals surface area contributed by atoms with E-state index in [4.69, 9.17) is 0 Å². The lowest BCUT2D eigenvalue weighted by Gasteiger charge is -2.40. The molecule has 2 fully saturated rings. The summed E-state index contributed by atoms with van der Waals surface area (Å²) in [5.41, 5.74) is 0. The molecule has 1 aliphatic carbocycles. The van der Waals surface area contributed by atoms with Crippen LogP contribution in [0.2, 0.25) is 0 Å². The van der Waals surface area contributed by atoms with Crippen LogP contribution in [0.3, 0.4) is 0 Å². The second kappa shape index (κ2) is 3.14. The summed E-state index contributed by atoms with van der Waals surface area (Å²) in [6.07, 6.45) is 6.06. The van der Waals surface area contributed by atoms with Crippen molar-refractivity contribution in [2.24, 2.45) is 11.8 Å². The first-order valence-corrected chi connectivity index (χ1v) is 5.11. The number of fused-ring (bicyclic) bond motifs is 2. The van der Waals surface area contributed by atoms with Gasteiger partial charge in [0.25, 0.3) is 0 Å². The van der Waals surface area contributed by atoms with Gasteiger partial charge in [-0.25, -0.2) is 0 Å². The van der Waals surface area contributed by atoms with E-state index in [2.05, 4.69) is 11.8 Å². The fraction of sp³-hybridized carbons (Fsp3) is 1.00. The van der Waals surface area contributed by atoms with Crippen molar-refractivity contribution in [1.82, 2.24) is 4.90 Å². The van der Waals surface area contributed by atoms with Gasteiger partial charge >= 0.3 is 0 Å². The highest BCUT2D eigenvalue weighted by atomic mass is 15.1. The van der Waals surface area contributed by atoms with Crippen molar-refractivity contribution in [3.05, 3.63) is 0 Å². The Morgan fingerprint density at radius 3 is 2.36 bits per heavy atom. The zero-order valence-corrected chi connectivity index (χ0v) is 7.55. The van der Waals surface area contributed by atoms with Gasteiger partial charge in [0.1, 0.15) is 0 Å². The van der Waals surface area contributed by atoms with Crippen molar-refractivity contribution in [2.45, 2.75) is 32.6 Å². The van der Waals surface area contributed by atoms with Gasteiger partial charge in [0.05, 0.1) is 0 Å². The second-order valence-corrected chi connectivity index (χ2v) is 4.25. The molecule has 0 amide bonds. The third kappa shape index (κ3) is 1.58. The van der Waals surface area contributed by atoms with Crippen molar-refractivity contribution >= 4 is 0 Å². The summed E-state index contributed by atoms with van der Waals surface area (Å²) < 4.78 is 0. The Morgan fingerprint density at radius 2 is 1.82 bits per heavy atom. The van der Waals surface area contributed by atoms with Gasteiger partial charge in [-0.1, -0.05) is 13.3 Å². The number of piperidine rings is 1. The van der Waals surface area contributed by atoms with Crippen molar-refractivity contribution in [1.29, 1.82) is 0 Å². The zero-order chi connectivity index (χ0) is 7.68. The standard InChI is InChI=1S/C10H19N/c1-2-11-7-9-4-3-5-10(6-9)8-11/h9-10H,2-8H2,1H3. The van der Waals surface area contributed by atoms with Crippen molar-refractivity contribution in [2.75, 3.05) is 19.6 Å². The maximum Gasteiger partial charge on any atom is 0.000977 e. The summed E-state index contributed by atoms with van der Waals surface area (Å²) in [5, 5.41) is 0. The molecule has 1 saturated heterocycles. The summed E-state index contributed by atoms with van der Waals surface area (Å²) in [6.45, 7) is 6.36. The third-order valence-corrected chi connectivity index (χ3v) is 3.37. The molecule has 0 spiro atoms. The molecular weight excluding hydrogens is 134 g/mol. The van der Waals surface area contributed by atoms with Crippen LogP contribution in [0.4, 0.5) is 0 Å². The van der Waals surface area contributed by atoms with Crippen molar-refractivity contribution in [3.8, 4) is 0 Å². The van der Waals surface area contributed by atoms with Crippen LogP contribution in [-0.4, -0.2) is 24.5 Å². The molecule has 2 rings (SSSR count). The highest BCUT2D eigenvalue weighted by Crippen LogP contribution is 2.33. The number of hydrogen-bond donors (Lipinski definition) is 0. The van der Waals surface area contributed by atoms with Crippen LogP contribution in [0.1, 0.15) is 32.6 Å². The molecule has 0 radical (unpaired) electrons. The number of nitrogens with zero attached hydrogens (tertiary/aromatic N) is 1. The van der Waals surface area contributed by atoms with Crippen LogP contribution in [0.25, 0.3) is 0 Å². The zero-order valence-electron chi connectivity index (χ0n) is 7.55. The lowest BCUT2D eigenvalue weighted by atomic mass is 9.78. The van der Waals surface area contributed by atoms with Crippen LogP contribution >= 0.6 is 0 Å². The minimum atomic E-state index is 1.06.